The summed E-state index contributed by atoms with van der Waals surface area (Å²) < 4.78 is 5.73. The molecule has 0 saturated carbocycles. The van der Waals surface area contributed by atoms with Gasteiger partial charge >= 0.3 is 0 Å². The van der Waals surface area contributed by atoms with Crippen molar-refractivity contribution >= 4 is 0 Å². The van der Waals surface area contributed by atoms with Crippen LogP contribution in [0.1, 0.15) is 24.2 Å². The number of aliphatic hydroxyl groups is 1. The predicted molar refractivity (Wildman–Crippen MR) is 77.2 cm³/mol. The minimum atomic E-state index is -1.34. The smallest absolute Gasteiger partial charge is 0.157 e. The fourth-order valence-corrected chi connectivity index (χ4v) is 2.73. The highest BCUT2D eigenvalue weighted by Crippen LogP contribution is 2.46. The van der Waals surface area contributed by atoms with Crippen molar-refractivity contribution in [3.63, 3.8) is 0 Å². The number of aromatic hydroxyl groups is 4. The molecule has 116 valence electrons. The van der Waals surface area contributed by atoms with Gasteiger partial charge in [0.05, 0.1) is 0 Å². The number of hydrogen-bond donors (Lipinski definition) is 5. The summed E-state index contributed by atoms with van der Waals surface area (Å²) >= 11 is 0. The quantitative estimate of drug-likeness (QED) is 0.515. The van der Waals surface area contributed by atoms with Crippen LogP contribution in [0.15, 0.2) is 30.3 Å². The van der Waals surface area contributed by atoms with Crippen LogP contribution in [0.3, 0.4) is 0 Å². The van der Waals surface area contributed by atoms with Gasteiger partial charge in [0, 0.05) is 24.1 Å². The van der Waals surface area contributed by atoms with E-state index in [1.54, 1.807) is 6.92 Å². The Kier molecular flexibility index (Phi) is 3.07. The van der Waals surface area contributed by atoms with Crippen LogP contribution in [0.4, 0.5) is 0 Å². The second kappa shape index (κ2) is 4.71. The van der Waals surface area contributed by atoms with Crippen molar-refractivity contribution in [1.29, 1.82) is 0 Å². The van der Waals surface area contributed by atoms with E-state index in [1.165, 1.54) is 30.3 Å². The van der Waals surface area contributed by atoms with Crippen LogP contribution >= 0.6 is 0 Å². The van der Waals surface area contributed by atoms with Crippen molar-refractivity contribution in [2.24, 2.45) is 0 Å². The Hall–Kier alpha value is -2.60. The summed E-state index contributed by atoms with van der Waals surface area (Å²) in [5.41, 5.74) is -0.471. The summed E-state index contributed by atoms with van der Waals surface area (Å²) in [5.74, 6) is -0.620. The lowest BCUT2D eigenvalue weighted by Crippen LogP contribution is -2.41. The number of phenols is 4. The number of benzene rings is 2. The second-order valence-electron chi connectivity index (χ2n) is 5.72. The lowest BCUT2D eigenvalue weighted by Gasteiger charge is -2.38. The zero-order valence-electron chi connectivity index (χ0n) is 11.8. The number of fused-ring (bicyclic) bond motifs is 1. The van der Waals surface area contributed by atoms with Gasteiger partial charge in [0.2, 0.25) is 0 Å². The molecule has 0 spiro atoms. The van der Waals surface area contributed by atoms with E-state index >= 15 is 0 Å². The Morgan fingerprint density at radius 3 is 2.41 bits per heavy atom. The highest BCUT2D eigenvalue weighted by molar-refractivity contribution is 5.52. The van der Waals surface area contributed by atoms with E-state index in [9.17, 15) is 25.5 Å². The number of ether oxygens (including phenoxy) is 1. The van der Waals surface area contributed by atoms with Crippen LogP contribution in [-0.4, -0.2) is 31.1 Å². The number of hydrogen-bond acceptors (Lipinski definition) is 6. The van der Waals surface area contributed by atoms with E-state index in [1.807, 2.05) is 0 Å². The van der Waals surface area contributed by atoms with Crippen molar-refractivity contribution in [3.05, 3.63) is 41.5 Å². The maximum absolute atomic E-state index is 10.6. The van der Waals surface area contributed by atoms with Gasteiger partial charge < -0.3 is 30.3 Å². The molecule has 2 aromatic rings. The molecule has 2 aromatic carbocycles. The molecule has 0 aliphatic carbocycles. The van der Waals surface area contributed by atoms with E-state index in [-0.39, 0.29) is 35.2 Å². The summed E-state index contributed by atoms with van der Waals surface area (Å²) in [7, 11) is 0. The molecule has 2 atom stereocenters. The van der Waals surface area contributed by atoms with E-state index < -0.39 is 11.7 Å². The third-order valence-corrected chi connectivity index (χ3v) is 3.82. The van der Waals surface area contributed by atoms with Crippen molar-refractivity contribution < 1.29 is 30.3 Å². The summed E-state index contributed by atoms with van der Waals surface area (Å²) in [6.45, 7) is 1.55. The zero-order chi connectivity index (χ0) is 16.1. The maximum atomic E-state index is 10.6. The minimum Gasteiger partial charge on any atom is -0.508 e. The van der Waals surface area contributed by atoms with Crippen LogP contribution in [0, 0.1) is 0 Å². The van der Waals surface area contributed by atoms with Gasteiger partial charge in [0.25, 0.3) is 0 Å². The molecule has 3 rings (SSSR count). The van der Waals surface area contributed by atoms with Gasteiger partial charge in [0.15, 0.2) is 17.6 Å². The summed E-state index contributed by atoms with van der Waals surface area (Å²) in [6.07, 6.45) is -0.714. The van der Waals surface area contributed by atoms with Crippen LogP contribution in [0.2, 0.25) is 0 Å². The lowest BCUT2D eigenvalue weighted by molar-refractivity contribution is -0.0630. The van der Waals surface area contributed by atoms with Gasteiger partial charge in [-0.25, -0.2) is 0 Å². The Morgan fingerprint density at radius 2 is 1.73 bits per heavy atom. The standard InChI is InChI=1S/C16H16O6/c1-16(21)7-10-12(19)5-9(17)6-14(10)22-15(16)8-2-3-11(18)13(20)4-8/h2-6,15,17-21H,7H2,1H3/t15-,16+/m1/s1. The maximum Gasteiger partial charge on any atom is 0.157 e. The molecule has 6 heteroatoms. The van der Waals surface area contributed by atoms with Gasteiger partial charge in [-0.3, -0.25) is 0 Å². The second-order valence-corrected chi connectivity index (χ2v) is 5.72. The monoisotopic (exact) mass is 304 g/mol. The highest BCUT2D eigenvalue weighted by Gasteiger charge is 2.41. The molecule has 0 aromatic heterocycles. The average Bonchev–Trinajstić information content (AvgIpc) is 2.42. The fraction of sp³-hybridized carbons (Fsp3) is 0.250. The van der Waals surface area contributed by atoms with Gasteiger partial charge in [-0.05, 0) is 24.6 Å². The molecule has 5 N–H and O–H groups in total. The summed E-state index contributed by atoms with van der Waals surface area (Å²) in [4.78, 5) is 0. The van der Waals surface area contributed by atoms with Crippen LogP contribution in [0.25, 0.3) is 0 Å². The summed E-state index contributed by atoms with van der Waals surface area (Å²) in [5, 5.41) is 49.1. The molecule has 1 heterocycles. The van der Waals surface area contributed by atoms with Gasteiger partial charge in [-0.1, -0.05) is 6.07 Å². The van der Waals surface area contributed by atoms with Gasteiger partial charge in [0.1, 0.15) is 22.8 Å². The van der Waals surface area contributed by atoms with Crippen molar-refractivity contribution in [2.75, 3.05) is 0 Å². The van der Waals surface area contributed by atoms with Crippen LogP contribution in [-0.2, 0) is 6.42 Å². The minimum absolute atomic E-state index is 0.112. The Balaban J connectivity index is 2.07. The first-order valence-corrected chi connectivity index (χ1v) is 6.74. The van der Waals surface area contributed by atoms with Crippen LogP contribution in [0.5, 0.6) is 28.7 Å². The largest absolute Gasteiger partial charge is 0.508 e. The molecule has 0 bridgehead atoms. The van der Waals surface area contributed by atoms with Gasteiger partial charge in [-0.15, -0.1) is 0 Å². The van der Waals surface area contributed by atoms with E-state index in [0.717, 1.165) is 0 Å². The molecule has 0 radical (unpaired) electrons. The third kappa shape index (κ3) is 2.27. The van der Waals surface area contributed by atoms with E-state index in [2.05, 4.69) is 0 Å². The molecular weight excluding hydrogens is 288 g/mol. The van der Waals surface area contributed by atoms with Crippen molar-refractivity contribution in [1.82, 2.24) is 0 Å². The Labute approximate surface area is 126 Å². The molecule has 0 saturated heterocycles. The lowest BCUT2D eigenvalue weighted by atomic mass is 9.84. The Morgan fingerprint density at radius 1 is 1.00 bits per heavy atom. The topological polar surface area (TPSA) is 110 Å². The van der Waals surface area contributed by atoms with Crippen LogP contribution < -0.4 is 4.74 Å². The molecule has 22 heavy (non-hydrogen) atoms. The molecular formula is C16H16O6. The molecule has 0 fully saturated rings. The van der Waals surface area contributed by atoms with Gasteiger partial charge in [-0.2, -0.15) is 0 Å². The third-order valence-electron chi connectivity index (χ3n) is 3.82. The number of rotatable bonds is 1. The highest BCUT2D eigenvalue weighted by atomic mass is 16.5. The molecule has 0 unspecified atom stereocenters. The zero-order valence-corrected chi connectivity index (χ0v) is 11.8. The molecule has 1 aliphatic heterocycles. The molecule has 6 nitrogen and oxygen atoms in total. The normalized spacial score (nSPS) is 23.6. The average molecular weight is 304 g/mol. The first kappa shape index (κ1) is 14.3. The molecule has 0 amide bonds. The first-order chi connectivity index (χ1) is 10.3. The predicted octanol–water partition coefficient (Wildman–Crippen LogP) is 1.94. The Bertz CT molecular complexity index is 738. The first-order valence-electron chi connectivity index (χ1n) is 6.74. The number of phenolic OH excluding ortho intramolecular Hbond substituents is 4. The summed E-state index contributed by atoms with van der Waals surface area (Å²) in [6, 6.07) is 6.69. The van der Waals surface area contributed by atoms with E-state index in [4.69, 9.17) is 4.74 Å². The molecule has 1 aliphatic rings. The van der Waals surface area contributed by atoms with E-state index in [0.29, 0.717) is 11.1 Å². The fourth-order valence-electron chi connectivity index (χ4n) is 2.73. The SMILES string of the molecule is C[C@]1(O)Cc2c(O)cc(O)cc2O[C@@H]1c1ccc(O)c(O)c1. The van der Waals surface area contributed by atoms with Crippen molar-refractivity contribution in [3.8, 4) is 28.7 Å². The van der Waals surface area contributed by atoms with Crippen molar-refractivity contribution in [2.45, 2.75) is 25.0 Å².